The van der Waals surface area contributed by atoms with Gasteiger partial charge in [-0.05, 0) is 24.3 Å². The van der Waals surface area contributed by atoms with Gasteiger partial charge in [-0.15, -0.1) is 0 Å². The Hall–Kier alpha value is -2.03. The molecule has 8 heteroatoms. The summed E-state index contributed by atoms with van der Waals surface area (Å²) in [7, 11) is -0.913. The van der Waals surface area contributed by atoms with Gasteiger partial charge in [0.1, 0.15) is 5.76 Å². The van der Waals surface area contributed by atoms with Gasteiger partial charge >= 0.3 is 0 Å². The highest BCUT2D eigenvalue weighted by atomic mass is 32.2. The Morgan fingerprint density at radius 3 is 2.48 bits per heavy atom. The summed E-state index contributed by atoms with van der Waals surface area (Å²) in [6, 6.07) is 7.70. The number of ether oxygens (including phenoxy) is 2. The molecule has 1 aromatic heterocycles. The molecule has 0 bridgehead atoms. The van der Waals surface area contributed by atoms with Gasteiger partial charge in [0.2, 0.25) is 10.0 Å². The molecule has 1 heterocycles. The van der Waals surface area contributed by atoms with Crippen LogP contribution in [0.3, 0.4) is 0 Å². The fourth-order valence-electron chi connectivity index (χ4n) is 2.10. The van der Waals surface area contributed by atoms with Gasteiger partial charge in [0, 0.05) is 12.6 Å². The van der Waals surface area contributed by atoms with Gasteiger partial charge in [0.05, 0.1) is 38.5 Å². The summed E-state index contributed by atoms with van der Waals surface area (Å²) in [6.45, 7) is -0.311. The van der Waals surface area contributed by atoms with E-state index in [0.29, 0.717) is 17.3 Å². The molecule has 0 radical (unpaired) electrons. The van der Waals surface area contributed by atoms with Crippen LogP contribution in [0.25, 0.3) is 0 Å². The number of sulfonamides is 1. The van der Waals surface area contributed by atoms with E-state index < -0.39 is 10.0 Å². The van der Waals surface area contributed by atoms with Gasteiger partial charge < -0.3 is 19.0 Å². The lowest BCUT2D eigenvalue weighted by molar-refractivity contribution is 0.244. The molecular weight excluding hydrogens is 322 g/mol. The van der Waals surface area contributed by atoms with Crippen LogP contribution in [0.2, 0.25) is 0 Å². The number of furan rings is 1. The molecule has 0 unspecified atom stereocenters. The van der Waals surface area contributed by atoms with E-state index in [9.17, 15) is 13.5 Å². The van der Waals surface area contributed by atoms with Crippen molar-refractivity contribution in [1.82, 2.24) is 4.31 Å². The van der Waals surface area contributed by atoms with E-state index >= 15 is 0 Å². The van der Waals surface area contributed by atoms with Crippen molar-refractivity contribution < 1.29 is 27.4 Å². The van der Waals surface area contributed by atoms with Crippen molar-refractivity contribution >= 4 is 10.0 Å². The first-order valence-corrected chi connectivity index (χ1v) is 8.32. The highest BCUT2D eigenvalue weighted by Gasteiger charge is 2.26. The lowest BCUT2D eigenvalue weighted by Gasteiger charge is -2.21. The standard InChI is InChI=1S/C15H19NO6S/c1-20-14-6-5-13(10-15(14)21-2)23(18,19)16(7-8-17)11-12-4-3-9-22-12/h3-6,9-10,17H,7-8,11H2,1-2H3. The molecule has 126 valence electrons. The summed E-state index contributed by atoms with van der Waals surface area (Å²) >= 11 is 0. The summed E-state index contributed by atoms with van der Waals surface area (Å²) in [5.41, 5.74) is 0. The van der Waals surface area contributed by atoms with E-state index in [-0.39, 0.29) is 24.6 Å². The van der Waals surface area contributed by atoms with Gasteiger partial charge in [-0.2, -0.15) is 4.31 Å². The Morgan fingerprint density at radius 1 is 1.17 bits per heavy atom. The Balaban J connectivity index is 2.36. The molecule has 0 fully saturated rings. The minimum atomic E-state index is -3.82. The van der Waals surface area contributed by atoms with Crippen LogP contribution in [0.4, 0.5) is 0 Å². The third kappa shape index (κ3) is 3.84. The summed E-state index contributed by atoms with van der Waals surface area (Å²) in [6.07, 6.45) is 1.47. The summed E-state index contributed by atoms with van der Waals surface area (Å²) < 4.78 is 42.2. The minimum Gasteiger partial charge on any atom is -0.493 e. The van der Waals surface area contributed by atoms with Gasteiger partial charge in [-0.1, -0.05) is 0 Å². The fourth-order valence-corrected chi connectivity index (χ4v) is 3.51. The second-order valence-corrected chi connectivity index (χ2v) is 6.60. The molecule has 1 aromatic carbocycles. The first kappa shape index (κ1) is 17.3. The van der Waals surface area contributed by atoms with Crippen molar-refractivity contribution in [1.29, 1.82) is 0 Å². The summed E-state index contributed by atoms with van der Waals surface area (Å²) in [5, 5.41) is 9.18. The second kappa shape index (κ2) is 7.49. The Kier molecular flexibility index (Phi) is 5.64. The molecule has 2 rings (SSSR count). The van der Waals surface area contributed by atoms with Crippen molar-refractivity contribution in [3.63, 3.8) is 0 Å². The third-order valence-electron chi connectivity index (χ3n) is 3.25. The number of benzene rings is 1. The van der Waals surface area contributed by atoms with Crippen molar-refractivity contribution in [2.24, 2.45) is 0 Å². The van der Waals surface area contributed by atoms with Crippen LogP contribution in [0.5, 0.6) is 11.5 Å². The Labute approximate surface area is 135 Å². The molecule has 0 aliphatic heterocycles. The monoisotopic (exact) mass is 341 g/mol. The predicted molar refractivity (Wildman–Crippen MR) is 82.9 cm³/mol. The number of rotatable bonds is 8. The van der Waals surface area contributed by atoms with E-state index in [0.717, 1.165) is 4.31 Å². The average Bonchev–Trinajstić information content (AvgIpc) is 3.06. The third-order valence-corrected chi connectivity index (χ3v) is 5.10. The SMILES string of the molecule is COc1ccc(S(=O)(=O)N(CCO)Cc2ccco2)cc1OC. The lowest BCUT2D eigenvalue weighted by atomic mass is 10.3. The maximum absolute atomic E-state index is 12.8. The molecule has 0 amide bonds. The van der Waals surface area contributed by atoms with Crippen molar-refractivity contribution in [3.05, 3.63) is 42.4 Å². The Bertz CT molecular complexity index is 726. The molecule has 23 heavy (non-hydrogen) atoms. The largest absolute Gasteiger partial charge is 0.493 e. The summed E-state index contributed by atoms with van der Waals surface area (Å²) in [5.74, 6) is 1.24. The van der Waals surface area contributed by atoms with Crippen LogP contribution in [0.1, 0.15) is 5.76 Å². The van der Waals surface area contributed by atoms with Gasteiger partial charge in [0.15, 0.2) is 11.5 Å². The van der Waals surface area contributed by atoms with Crippen molar-refractivity contribution in [3.8, 4) is 11.5 Å². The number of aliphatic hydroxyl groups excluding tert-OH is 1. The predicted octanol–water partition coefficient (Wildman–Crippen LogP) is 1.48. The van der Waals surface area contributed by atoms with E-state index in [1.54, 1.807) is 12.1 Å². The van der Waals surface area contributed by atoms with Gasteiger partial charge in [0.25, 0.3) is 0 Å². The van der Waals surface area contributed by atoms with Gasteiger partial charge in [-0.25, -0.2) is 8.42 Å². The molecule has 2 aromatic rings. The minimum absolute atomic E-state index is 0.0320. The van der Waals surface area contributed by atoms with Crippen LogP contribution < -0.4 is 9.47 Å². The van der Waals surface area contributed by atoms with E-state index in [1.165, 1.54) is 38.7 Å². The fraction of sp³-hybridized carbons (Fsp3) is 0.333. The maximum Gasteiger partial charge on any atom is 0.243 e. The first-order chi connectivity index (χ1) is 11.0. The number of aliphatic hydroxyl groups is 1. The van der Waals surface area contributed by atoms with E-state index in [2.05, 4.69) is 0 Å². The Morgan fingerprint density at radius 2 is 1.91 bits per heavy atom. The molecule has 0 spiro atoms. The molecule has 0 saturated carbocycles. The number of nitrogens with zero attached hydrogens (tertiary/aromatic N) is 1. The molecule has 1 N–H and O–H groups in total. The number of methoxy groups -OCH3 is 2. The smallest absolute Gasteiger partial charge is 0.243 e. The normalized spacial score (nSPS) is 11.7. The molecular formula is C15H19NO6S. The van der Waals surface area contributed by atoms with E-state index in [1.807, 2.05) is 0 Å². The van der Waals surface area contributed by atoms with Crippen LogP contribution >= 0.6 is 0 Å². The summed E-state index contributed by atoms with van der Waals surface area (Å²) in [4.78, 5) is 0.0511. The highest BCUT2D eigenvalue weighted by Crippen LogP contribution is 2.31. The molecule has 0 saturated heterocycles. The zero-order chi connectivity index (χ0) is 16.9. The molecule has 0 aliphatic carbocycles. The molecule has 7 nitrogen and oxygen atoms in total. The van der Waals surface area contributed by atoms with Crippen LogP contribution in [-0.4, -0.2) is 45.2 Å². The lowest BCUT2D eigenvalue weighted by Crippen LogP contribution is -2.33. The van der Waals surface area contributed by atoms with Crippen molar-refractivity contribution in [2.45, 2.75) is 11.4 Å². The maximum atomic E-state index is 12.8. The first-order valence-electron chi connectivity index (χ1n) is 6.88. The molecule has 0 aliphatic rings. The molecule has 0 atom stereocenters. The zero-order valence-electron chi connectivity index (χ0n) is 12.9. The highest BCUT2D eigenvalue weighted by molar-refractivity contribution is 7.89. The second-order valence-electron chi connectivity index (χ2n) is 4.66. The number of hydrogen-bond donors (Lipinski definition) is 1. The van der Waals surface area contributed by atoms with E-state index in [4.69, 9.17) is 13.9 Å². The quantitative estimate of drug-likeness (QED) is 0.782. The van der Waals surface area contributed by atoms with Crippen LogP contribution in [0, 0.1) is 0 Å². The zero-order valence-corrected chi connectivity index (χ0v) is 13.7. The van der Waals surface area contributed by atoms with Gasteiger partial charge in [-0.3, -0.25) is 0 Å². The van der Waals surface area contributed by atoms with Crippen LogP contribution in [0.15, 0.2) is 45.9 Å². The van der Waals surface area contributed by atoms with Crippen molar-refractivity contribution in [2.75, 3.05) is 27.4 Å². The topological polar surface area (TPSA) is 89.2 Å². The number of hydrogen-bond acceptors (Lipinski definition) is 6. The average molecular weight is 341 g/mol. The van der Waals surface area contributed by atoms with Crippen LogP contribution in [-0.2, 0) is 16.6 Å².